The summed E-state index contributed by atoms with van der Waals surface area (Å²) < 4.78 is 12.8. The number of nitrogens with zero attached hydrogens (tertiary/aromatic N) is 2. The molecule has 0 amide bonds. The Morgan fingerprint density at radius 1 is 0.429 bits per heavy atom. The van der Waals surface area contributed by atoms with Gasteiger partial charge in [-0.05, 0) is 75.5 Å². The van der Waals surface area contributed by atoms with E-state index in [2.05, 4.69) is 121 Å². The number of rotatable bonds is 4. The van der Waals surface area contributed by atoms with E-state index in [-0.39, 0.29) is 0 Å². The maximum absolute atomic E-state index is 6.54. The summed E-state index contributed by atoms with van der Waals surface area (Å²) in [5.74, 6) is 0.652. The molecule has 9 aromatic rings. The molecule has 10 rings (SSSR count). The van der Waals surface area contributed by atoms with Crippen molar-refractivity contribution in [3.63, 3.8) is 0 Å². The number of hydrogen-bond donors (Lipinski definition) is 0. The van der Waals surface area contributed by atoms with Crippen molar-refractivity contribution in [3.05, 3.63) is 174 Å². The van der Waals surface area contributed by atoms with Crippen LogP contribution in [0.5, 0.6) is 0 Å². The third-order valence-electron chi connectivity index (χ3n) is 9.54. The molecule has 2 aromatic heterocycles. The van der Waals surface area contributed by atoms with Crippen LogP contribution in [0.1, 0.15) is 23.1 Å². The lowest BCUT2D eigenvalue weighted by Crippen LogP contribution is -2.06. The average Bonchev–Trinajstić information content (AvgIpc) is 3.64. The monoisotopic (exact) mass is 628 g/mol. The molecule has 1 aliphatic heterocycles. The number of fused-ring (bicyclic) bond motifs is 7. The molecular weight excluding hydrogens is 601 g/mol. The first kappa shape index (κ1) is 27.6. The highest BCUT2D eigenvalue weighted by Crippen LogP contribution is 2.39. The molecule has 0 radical (unpaired) electrons. The molecule has 49 heavy (non-hydrogen) atoms. The van der Waals surface area contributed by atoms with E-state index in [1.54, 1.807) is 0 Å². The van der Waals surface area contributed by atoms with Crippen LogP contribution >= 0.6 is 0 Å². The highest BCUT2D eigenvalue weighted by molar-refractivity contribution is 6.24. The number of furan rings is 2. The smallest absolute Gasteiger partial charge is 0.160 e. The summed E-state index contributed by atoms with van der Waals surface area (Å²) in [6, 6.07) is 52.5. The predicted molar refractivity (Wildman–Crippen MR) is 202 cm³/mol. The standard InChI is InChI=1S/C45H28N2O2/c1-2-11-29(12-3-1)38-22-23-39(32-19-18-28-10-4-5-13-30(28)24-32)47-45(46-38)37-25-33(27-43-44(37)36-15-7-9-17-41(36)49-43)31-20-21-35-34-14-6-8-16-40(34)48-42(35)26-31/h1-22,24-27H,23H2. The molecule has 0 fully saturated rings. The van der Waals surface area contributed by atoms with Crippen LogP contribution in [-0.2, 0) is 0 Å². The first-order valence-corrected chi connectivity index (χ1v) is 16.5. The Hall–Kier alpha value is -6.52. The summed E-state index contributed by atoms with van der Waals surface area (Å²) >= 11 is 0. The van der Waals surface area contributed by atoms with Gasteiger partial charge in [-0.15, -0.1) is 0 Å². The third-order valence-corrected chi connectivity index (χ3v) is 9.54. The van der Waals surface area contributed by atoms with Gasteiger partial charge >= 0.3 is 0 Å². The maximum atomic E-state index is 6.54. The number of benzene rings is 7. The molecule has 0 atom stereocenters. The van der Waals surface area contributed by atoms with Gasteiger partial charge in [0, 0.05) is 33.5 Å². The molecule has 0 N–H and O–H groups in total. The van der Waals surface area contributed by atoms with E-state index in [1.807, 2.05) is 36.4 Å². The van der Waals surface area contributed by atoms with Crippen LogP contribution in [0.2, 0.25) is 0 Å². The zero-order valence-electron chi connectivity index (χ0n) is 26.4. The fourth-order valence-electron chi connectivity index (χ4n) is 7.12. The van der Waals surface area contributed by atoms with Gasteiger partial charge in [0.15, 0.2) is 5.84 Å². The van der Waals surface area contributed by atoms with Gasteiger partial charge in [0.25, 0.3) is 0 Å². The van der Waals surface area contributed by atoms with Crippen LogP contribution < -0.4 is 0 Å². The van der Waals surface area contributed by atoms with E-state index in [4.69, 9.17) is 18.8 Å². The quantitative estimate of drug-likeness (QED) is 0.195. The van der Waals surface area contributed by atoms with E-state index in [0.717, 1.165) is 83.1 Å². The fourth-order valence-corrected chi connectivity index (χ4v) is 7.12. The van der Waals surface area contributed by atoms with E-state index in [1.165, 1.54) is 10.8 Å². The summed E-state index contributed by atoms with van der Waals surface area (Å²) in [6.07, 6.45) is 2.84. The van der Waals surface area contributed by atoms with Crippen molar-refractivity contribution < 1.29 is 8.83 Å². The number of allylic oxidation sites excluding steroid dienone is 1. The first-order chi connectivity index (χ1) is 24.2. The molecular formula is C45H28N2O2. The molecule has 7 aromatic carbocycles. The molecule has 0 aliphatic carbocycles. The lowest BCUT2D eigenvalue weighted by atomic mass is 9.97. The Morgan fingerprint density at radius 3 is 1.98 bits per heavy atom. The Bertz CT molecular complexity index is 2850. The minimum atomic E-state index is 0.646. The normalized spacial score (nSPS) is 13.6. The zero-order chi connectivity index (χ0) is 32.3. The summed E-state index contributed by atoms with van der Waals surface area (Å²) in [4.78, 5) is 10.7. The first-order valence-electron chi connectivity index (χ1n) is 16.5. The van der Waals surface area contributed by atoms with E-state index in [9.17, 15) is 0 Å². The molecule has 4 heteroatoms. The van der Waals surface area contributed by atoms with Crippen molar-refractivity contribution in [3.8, 4) is 11.1 Å². The van der Waals surface area contributed by atoms with Gasteiger partial charge in [0.05, 0.1) is 11.4 Å². The van der Waals surface area contributed by atoms with Crippen LogP contribution in [-0.4, -0.2) is 11.5 Å². The lowest BCUT2D eigenvalue weighted by molar-refractivity contribution is 0.668. The maximum Gasteiger partial charge on any atom is 0.160 e. The van der Waals surface area contributed by atoms with Crippen LogP contribution in [0.4, 0.5) is 0 Å². The Balaban J connectivity index is 1.22. The van der Waals surface area contributed by atoms with Gasteiger partial charge in [-0.25, -0.2) is 9.98 Å². The van der Waals surface area contributed by atoms with Gasteiger partial charge in [0.1, 0.15) is 22.3 Å². The van der Waals surface area contributed by atoms with Crippen LogP contribution in [0, 0.1) is 0 Å². The molecule has 230 valence electrons. The van der Waals surface area contributed by atoms with E-state index >= 15 is 0 Å². The van der Waals surface area contributed by atoms with Crippen molar-refractivity contribution in [2.75, 3.05) is 0 Å². The van der Waals surface area contributed by atoms with Crippen LogP contribution in [0.25, 0.3) is 71.5 Å². The second kappa shape index (κ2) is 11.0. The molecule has 0 spiro atoms. The van der Waals surface area contributed by atoms with Crippen LogP contribution in [0.3, 0.4) is 0 Å². The molecule has 1 aliphatic rings. The average molecular weight is 629 g/mol. The second-order valence-electron chi connectivity index (χ2n) is 12.5. The van der Waals surface area contributed by atoms with Crippen molar-refractivity contribution in [1.29, 1.82) is 0 Å². The number of para-hydroxylation sites is 2. The summed E-state index contributed by atoms with van der Waals surface area (Å²) in [5, 5.41) is 6.63. The van der Waals surface area contributed by atoms with E-state index < -0.39 is 0 Å². The lowest BCUT2D eigenvalue weighted by Gasteiger charge is -2.10. The minimum absolute atomic E-state index is 0.646. The highest BCUT2D eigenvalue weighted by atomic mass is 16.3. The number of hydrogen-bond acceptors (Lipinski definition) is 4. The number of aliphatic imine (C=N–C) groups is 2. The Labute approximate surface area is 282 Å². The molecule has 0 saturated heterocycles. The molecule has 4 nitrogen and oxygen atoms in total. The van der Waals surface area contributed by atoms with Crippen molar-refractivity contribution in [1.82, 2.24) is 0 Å². The largest absolute Gasteiger partial charge is 0.456 e. The van der Waals surface area contributed by atoms with E-state index in [0.29, 0.717) is 12.3 Å². The van der Waals surface area contributed by atoms with Gasteiger partial charge in [-0.1, -0.05) is 115 Å². The minimum Gasteiger partial charge on any atom is -0.456 e. The van der Waals surface area contributed by atoms with Gasteiger partial charge in [-0.3, -0.25) is 0 Å². The molecule has 0 bridgehead atoms. The highest BCUT2D eigenvalue weighted by Gasteiger charge is 2.21. The Kier molecular flexibility index (Phi) is 6.21. The van der Waals surface area contributed by atoms with Gasteiger partial charge < -0.3 is 8.83 Å². The summed E-state index contributed by atoms with van der Waals surface area (Å²) in [7, 11) is 0. The fraction of sp³-hybridized carbons (Fsp3) is 0.0222. The zero-order valence-corrected chi connectivity index (χ0v) is 26.4. The molecule has 0 saturated carbocycles. The topological polar surface area (TPSA) is 51.0 Å². The van der Waals surface area contributed by atoms with Crippen LogP contribution in [0.15, 0.2) is 177 Å². The summed E-state index contributed by atoms with van der Waals surface area (Å²) in [6.45, 7) is 0. The Morgan fingerprint density at radius 2 is 1.10 bits per heavy atom. The molecule has 0 unspecified atom stereocenters. The molecule has 3 heterocycles. The number of amidine groups is 1. The second-order valence-corrected chi connectivity index (χ2v) is 12.5. The van der Waals surface area contributed by atoms with Crippen molar-refractivity contribution >= 4 is 71.9 Å². The summed E-state index contributed by atoms with van der Waals surface area (Å²) in [5.41, 5.74) is 10.3. The third kappa shape index (κ3) is 4.68. The SMILES string of the molecule is C1=C(c2ccccc2)N=C(c2cc(-c3ccc4c(c3)oc3ccccc34)cc3oc4ccccc4c23)N=C(c2ccc3ccccc3c2)C1. The van der Waals surface area contributed by atoms with Gasteiger partial charge in [0.2, 0.25) is 0 Å². The van der Waals surface area contributed by atoms with Gasteiger partial charge in [-0.2, -0.15) is 0 Å². The van der Waals surface area contributed by atoms with Crippen molar-refractivity contribution in [2.24, 2.45) is 9.98 Å². The van der Waals surface area contributed by atoms with Crippen molar-refractivity contribution in [2.45, 2.75) is 6.42 Å². The predicted octanol–water partition coefficient (Wildman–Crippen LogP) is 12.0.